The molecule has 2 heterocycles. The van der Waals surface area contributed by atoms with Crippen LogP contribution in [0.4, 0.5) is 0 Å². The third kappa shape index (κ3) is 1.81. The highest BCUT2D eigenvalue weighted by Gasteiger charge is 2.16. The van der Waals surface area contributed by atoms with Crippen LogP contribution < -0.4 is 9.47 Å². The Balaban J connectivity index is 1.72. The van der Waals surface area contributed by atoms with Crippen LogP contribution in [0.3, 0.4) is 0 Å². The Kier molecular flexibility index (Phi) is 2.21. The molecule has 0 spiro atoms. The normalized spacial score (nSPS) is 13.1. The number of aromatic amines is 1. The minimum atomic E-state index is 0.290. The molecule has 1 aliphatic rings. The molecule has 19 heavy (non-hydrogen) atoms. The summed E-state index contributed by atoms with van der Waals surface area (Å²) >= 11 is 0. The molecular weight excluding hydrogens is 240 g/mol. The van der Waals surface area contributed by atoms with Gasteiger partial charge in [-0.2, -0.15) is 0 Å². The smallest absolute Gasteiger partial charge is 0.231 e. The molecule has 3 aromatic rings. The summed E-state index contributed by atoms with van der Waals surface area (Å²) in [5.41, 5.74) is 3.13. The number of fused-ring (bicyclic) bond motifs is 2. The van der Waals surface area contributed by atoms with Crippen molar-refractivity contribution in [1.29, 1.82) is 0 Å². The van der Waals surface area contributed by atoms with Gasteiger partial charge in [0.1, 0.15) is 5.82 Å². The SMILES string of the molecule is c1ccc(Cc2nc3cc4c(cc3[nH]2)OCO4)cc1. The molecule has 0 aliphatic carbocycles. The lowest BCUT2D eigenvalue weighted by Gasteiger charge is -1.96. The summed E-state index contributed by atoms with van der Waals surface area (Å²) in [6.07, 6.45) is 0.794. The highest BCUT2D eigenvalue weighted by atomic mass is 16.7. The first-order chi connectivity index (χ1) is 9.38. The van der Waals surface area contributed by atoms with Crippen LogP contribution in [0, 0.1) is 0 Å². The first-order valence-corrected chi connectivity index (χ1v) is 6.21. The van der Waals surface area contributed by atoms with Gasteiger partial charge in [0.25, 0.3) is 0 Å². The van der Waals surface area contributed by atoms with Gasteiger partial charge < -0.3 is 14.5 Å². The lowest BCUT2D eigenvalue weighted by atomic mass is 10.1. The van der Waals surface area contributed by atoms with Crippen molar-refractivity contribution in [2.24, 2.45) is 0 Å². The van der Waals surface area contributed by atoms with Crippen LogP contribution in [0.2, 0.25) is 0 Å². The highest BCUT2D eigenvalue weighted by molar-refractivity contribution is 5.80. The Morgan fingerprint density at radius 1 is 1.05 bits per heavy atom. The summed E-state index contributed by atoms with van der Waals surface area (Å²) in [5.74, 6) is 2.50. The topological polar surface area (TPSA) is 47.1 Å². The summed E-state index contributed by atoms with van der Waals surface area (Å²) in [6, 6.07) is 14.1. The number of nitrogens with zero attached hydrogens (tertiary/aromatic N) is 1. The summed E-state index contributed by atoms with van der Waals surface area (Å²) < 4.78 is 10.7. The number of H-pyrrole nitrogens is 1. The Labute approximate surface area is 110 Å². The molecule has 1 aliphatic heterocycles. The van der Waals surface area contributed by atoms with E-state index in [2.05, 4.69) is 22.1 Å². The van der Waals surface area contributed by atoms with E-state index in [9.17, 15) is 0 Å². The zero-order valence-electron chi connectivity index (χ0n) is 10.2. The van der Waals surface area contributed by atoms with Gasteiger partial charge in [0.15, 0.2) is 11.5 Å². The second-order valence-corrected chi connectivity index (χ2v) is 4.57. The van der Waals surface area contributed by atoms with E-state index >= 15 is 0 Å². The molecule has 4 rings (SSSR count). The molecular formula is C15H12N2O2. The molecule has 0 saturated heterocycles. The summed E-state index contributed by atoms with van der Waals surface area (Å²) in [6.45, 7) is 0.290. The minimum Gasteiger partial charge on any atom is -0.454 e. The molecule has 4 heteroatoms. The molecule has 0 fully saturated rings. The van der Waals surface area contributed by atoms with Crippen molar-refractivity contribution >= 4 is 11.0 Å². The number of hydrogen-bond donors (Lipinski definition) is 1. The maximum atomic E-state index is 5.36. The van der Waals surface area contributed by atoms with E-state index in [4.69, 9.17) is 9.47 Å². The minimum absolute atomic E-state index is 0.290. The first-order valence-electron chi connectivity index (χ1n) is 6.21. The lowest BCUT2D eigenvalue weighted by Crippen LogP contribution is -1.93. The van der Waals surface area contributed by atoms with Crippen LogP contribution >= 0.6 is 0 Å². The fourth-order valence-corrected chi connectivity index (χ4v) is 2.33. The van der Waals surface area contributed by atoms with E-state index in [-0.39, 0.29) is 0 Å². The van der Waals surface area contributed by atoms with Gasteiger partial charge in [0.2, 0.25) is 6.79 Å². The predicted octanol–water partition coefficient (Wildman–Crippen LogP) is 2.88. The van der Waals surface area contributed by atoms with E-state index in [1.165, 1.54) is 5.56 Å². The van der Waals surface area contributed by atoms with Crippen LogP contribution in [0.1, 0.15) is 11.4 Å². The number of aromatic nitrogens is 2. The van der Waals surface area contributed by atoms with Gasteiger partial charge in [-0.1, -0.05) is 30.3 Å². The van der Waals surface area contributed by atoms with Crippen LogP contribution in [0.5, 0.6) is 11.5 Å². The fraction of sp³-hybridized carbons (Fsp3) is 0.133. The maximum absolute atomic E-state index is 5.36. The monoisotopic (exact) mass is 252 g/mol. The zero-order chi connectivity index (χ0) is 12.7. The van der Waals surface area contributed by atoms with Gasteiger partial charge in [-0.15, -0.1) is 0 Å². The summed E-state index contributed by atoms with van der Waals surface area (Å²) in [5, 5.41) is 0. The molecule has 1 aromatic heterocycles. The number of nitrogens with one attached hydrogen (secondary N) is 1. The quantitative estimate of drug-likeness (QED) is 0.762. The molecule has 0 unspecified atom stereocenters. The van der Waals surface area contributed by atoms with E-state index in [1.54, 1.807) is 0 Å². The zero-order valence-corrected chi connectivity index (χ0v) is 10.2. The Morgan fingerprint density at radius 2 is 1.84 bits per heavy atom. The number of ether oxygens (including phenoxy) is 2. The number of hydrogen-bond acceptors (Lipinski definition) is 3. The molecule has 0 bridgehead atoms. The average molecular weight is 252 g/mol. The summed E-state index contributed by atoms with van der Waals surface area (Å²) in [7, 11) is 0. The molecule has 0 saturated carbocycles. The van der Waals surface area contributed by atoms with Crippen LogP contribution in [0.25, 0.3) is 11.0 Å². The van der Waals surface area contributed by atoms with Gasteiger partial charge in [-0.25, -0.2) is 4.98 Å². The highest BCUT2D eigenvalue weighted by Crippen LogP contribution is 2.35. The van der Waals surface area contributed by atoms with E-state index < -0.39 is 0 Å². The van der Waals surface area contributed by atoms with Crippen molar-refractivity contribution in [2.45, 2.75) is 6.42 Å². The second-order valence-electron chi connectivity index (χ2n) is 4.57. The standard InChI is InChI=1S/C15H12N2O2/c1-2-4-10(5-3-1)6-15-16-11-7-13-14(19-9-18-13)8-12(11)17-15/h1-5,7-8H,6,9H2,(H,16,17). The molecule has 0 radical (unpaired) electrons. The Hall–Kier alpha value is -2.49. The third-order valence-corrected chi connectivity index (χ3v) is 3.24. The summed E-state index contributed by atoms with van der Waals surface area (Å²) in [4.78, 5) is 7.92. The van der Waals surface area contributed by atoms with Crippen molar-refractivity contribution in [1.82, 2.24) is 9.97 Å². The fourth-order valence-electron chi connectivity index (χ4n) is 2.33. The molecule has 4 nitrogen and oxygen atoms in total. The predicted molar refractivity (Wildman–Crippen MR) is 71.5 cm³/mol. The van der Waals surface area contributed by atoms with Crippen molar-refractivity contribution in [3.63, 3.8) is 0 Å². The van der Waals surface area contributed by atoms with Gasteiger partial charge in [-0.3, -0.25) is 0 Å². The first kappa shape index (κ1) is 10.4. The van der Waals surface area contributed by atoms with E-state index in [1.807, 2.05) is 30.3 Å². The Bertz CT molecular complexity index is 693. The maximum Gasteiger partial charge on any atom is 0.231 e. The number of benzene rings is 2. The third-order valence-electron chi connectivity index (χ3n) is 3.24. The Morgan fingerprint density at radius 3 is 2.68 bits per heavy atom. The van der Waals surface area contributed by atoms with Gasteiger partial charge >= 0.3 is 0 Å². The van der Waals surface area contributed by atoms with Crippen LogP contribution in [-0.2, 0) is 6.42 Å². The average Bonchev–Trinajstić information content (AvgIpc) is 3.01. The van der Waals surface area contributed by atoms with Crippen molar-refractivity contribution < 1.29 is 9.47 Å². The van der Waals surface area contributed by atoms with Crippen molar-refractivity contribution in [3.05, 3.63) is 53.9 Å². The molecule has 94 valence electrons. The van der Waals surface area contributed by atoms with Crippen molar-refractivity contribution in [2.75, 3.05) is 6.79 Å². The van der Waals surface area contributed by atoms with Crippen LogP contribution in [0.15, 0.2) is 42.5 Å². The van der Waals surface area contributed by atoms with Gasteiger partial charge in [-0.05, 0) is 5.56 Å². The lowest BCUT2D eigenvalue weighted by molar-refractivity contribution is 0.174. The molecule has 2 aromatic carbocycles. The van der Waals surface area contributed by atoms with Crippen LogP contribution in [-0.4, -0.2) is 16.8 Å². The number of imidazole rings is 1. The molecule has 1 N–H and O–H groups in total. The molecule has 0 atom stereocenters. The van der Waals surface area contributed by atoms with Gasteiger partial charge in [0.05, 0.1) is 11.0 Å². The molecule has 0 amide bonds. The van der Waals surface area contributed by atoms with E-state index in [0.29, 0.717) is 6.79 Å². The van der Waals surface area contributed by atoms with Gasteiger partial charge in [0, 0.05) is 18.6 Å². The number of rotatable bonds is 2. The second kappa shape index (κ2) is 4.02. The largest absolute Gasteiger partial charge is 0.454 e. The van der Waals surface area contributed by atoms with E-state index in [0.717, 1.165) is 34.8 Å². The van der Waals surface area contributed by atoms with Crippen molar-refractivity contribution in [3.8, 4) is 11.5 Å².